The van der Waals surface area contributed by atoms with Crippen LogP contribution in [0.3, 0.4) is 0 Å². The Labute approximate surface area is 140 Å². The van der Waals surface area contributed by atoms with Gasteiger partial charge in [-0.2, -0.15) is 0 Å². The van der Waals surface area contributed by atoms with E-state index >= 15 is 0 Å². The molecule has 3 rings (SSSR count). The minimum Gasteiger partial charge on any atom is -0.491 e. The van der Waals surface area contributed by atoms with Crippen LogP contribution in [-0.2, 0) is 9.59 Å². The highest BCUT2D eigenvalue weighted by atomic mass is 32.2. The SMILES string of the molecule is CC(C)(C)C(=O)N1CSC[C@@H]1C(=O)N[C@H]1COc2ccccc21. The minimum absolute atomic E-state index is 0.0192. The van der Waals surface area contributed by atoms with E-state index in [0.29, 0.717) is 18.2 Å². The van der Waals surface area contributed by atoms with Crippen LogP contribution in [0.2, 0.25) is 0 Å². The third kappa shape index (κ3) is 3.17. The van der Waals surface area contributed by atoms with Crippen LogP contribution in [0, 0.1) is 5.41 Å². The molecule has 124 valence electrons. The molecule has 0 aliphatic carbocycles. The highest BCUT2D eigenvalue weighted by molar-refractivity contribution is 7.99. The van der Waals surface area contributed by atoms with E-state index in [1.807, 2.05) is 45.0 Å². The van der Waals surface area contributed by atoms with Crippen LogP contribution in [-0.4, -0.2) is 41.0 Å². The lowest BCUT2D eigenvalue weighted by atomic mass is 9.94. The average Bonchev–Trinajstić information content (AvgIpc) is 3.13. The molecular weight excluding hydrogens is 312 g/mol. The van der Waals surface area contributed by atoms with Gasteiger partial charge in [0.25, 0.3) is 0 Å². The smallest absolute Gasteiger partial charge is 0.244 e. The Kier molecular flexibility index (Phi) is 4.27. The van der Waals surface area contributed by atoms with E-state index in [-0.39, 0.29) is 17.9 Å². The molecule has 2 amide bonds. The number of nitrogens with one attached hydrogen (secondary N) is 1. The maximum atomic E-state index is 12.7. The molecule has 2 aliphatic rings. The summed E-state index contributed by atoms with van der Waals surface area (Å²) in [7, 11) is 0. The molecule has 1 fully saturated rings. The van der Waals surface area contributed by atoms with Gasteiger partial charge in [0.15, 0.2) is 0 Å². The molecule has 1 aromatic carbocycles. The predicted molar refractivity (Wildman–Crippen MR) is 90.2 cm³/mol. The third-order valence-electron chi connectivity index (χ3n) is 4.10. The van der Waals surface area contributed by atoms with Crippen LogP contribution in [0.4, 0.5) is 0 Å². The van der Waals surface area contributed by atoms with Gasteiger partial charge >= 0.3 is 0 Å². The Hall–Kier alpha value is -1.69. The zero-order valence-corrected chi connectivity index (χ0v) is 14.5. The van der Waals surface area contributed by atoms with Crippen molar-refractivity contribution in [1.82, 2.24) is 10.2 Å². The molecular formula is C17H22N2O3S. The minimum atomic E-state index is -0.480. The number of benzene rings is 1. The van der Waals surface area contributed by atoms with Crippen molar-refractivity contribution in [2.75, 3.05) is 18.2 Å². The zero-order chi connectivity index (χ0) is 16.6. The number of para-hydroxylation sites is 1. The first-order valence-electron chi connectivity index (χ1n) is 7.79. The predicted octanol–water partition coefficient (Wildman–Crippen LogP) is 2.18. The first kappa shape index (κ1) is 16.2. The summed E-state index contributed by atoms with van der Waals surface area (Å²) in [5, 5.41) is 3.04. The molecule has 0 radical (unpaired) electrons. The molecule has 6 heteroatoms. The molecule has 2 heterocycles. The number of nitrogens with zero attached hydrogens (tertiary/aromatic N) is 1. The van der Waals surface area contributed by atoms with Gasteiger partial charge in [-0.15, -0.1) is 11.8 Å². The summed E-state index contributed by atoms with van der Waals surface area (Å²) in [5.74, 6) is 1.96. The molecule has 23 heavy (non-hydrogen) atoms. The van der Waals surface area contributed by atoms with Gasteiger partial charge in [-0.25, -0.2) is 0 Å². The van der Waals surface area contributed by atoms with E-state index in [1.54, 1.807) is 16.7 Å². The number of carbonyl (C=O) groups is 2. The van der Waals surface area contributed by atoms with Crippen molar-refractivity contribution in [3.05, 3.63) is 29.8 Å². The Morgan fingerprint density at radius 1 is 1.30 bits per heavy atom. The second-order valence-electron chi connectivity index (χ2n) is 6.95. The number of fused-ring (bicyclic) bond motifs is 1. The standard InChI is InChI=1S/C17H22N2O3S/c1-17(2,3)16(21)19-10-23-9-13(19)15(20)18-12-8-22-14-7-5-4-6-11(12)14/h4-7,12-13H,8-10H2,1-3H3,(H,18,20)/t12-,13+/m0/s1. The van der Waals surface area contributed by atoms with Gasteiger partial charge in [-0.3, -0.25) is 9.59 Å². The molecule has 0 bridgehead atoms. The second-order valence-corrected chi connectivity index (χ2v) is 7.95. The van der Waals surface area contributed by atoms with Crippen LogP contribution in [0.1, 0.15) is 32.4 Å². The molecule has 1 aromatic rings. The monoisotopic (exact) mass is 334 g/mol. The Morgan fingerprint density at radius 3 is 2.78 bits per heavy atom. The summed E-state index contributed by atoms with van der Waals surface area (Å²) in [6.45, 7) is 6.09. The number of amides is 2. The van der Waals surface area contributed by atoms with Gasteiger partial charge in [0.05, 0.1) is 11.9 Å². The Bertz CT molecular complexity index is 627. The first-order valence-corrected chi connectivity index (χ1v) is 8.94. The number of ether oxygens (including phenoxy) is 1. The van der Waals surface area contributed by atoms with Gasteiger partial charge in [0.2, 0.25) is 11.8 Å². The summed E-state index contributed by atoms with van der Waals surface area (Å²) in [4.78, 5) is 26.9. The van der Waals surface area contributed by atoms with Gasteiger partial charge < -0.3 is 15.0 Å². The molecule has 0 spiro atoms. The van der Waals surface area contributed by atoms with Gasteiger partial charge in [0, 0.05) is 16.7 Å². The Balaban J connectivity index is 1.70. The second kappa shape index (κ2) is 6.07. The summed E-state index contributed by atoms with van der Waals surface area (Å²) in [5.41, 5.74) is 0.521. The molecule has 0 unspecified atom stereocenters. The van der Waals surface area contributed by atoms with Crippen LogP contribution >= 0.6 is 11.8 Å². The lowest BCUT2D eigenvalue weighted by Gasteiger charge is -2.30. The average molecular weight is 334 g/mol. The fourth-order valence-corrected chi connectivity index (χ4v) is 3.99. The summed E-state index contributed by atoms with van der Waals surface area (Å²) in [6.07, 6.45) is 0. The van der Waals surface area contributed by atoms with Gasteiger partial charge in [-0.1, -0.05) is 39.0 Å². The maximum Gasteiger partial charge on any atom is 0.244 e. The lowest BCUT2D eigenvalue weighted by molar-refractivity contribution is -0.144. The van der Waals surface area contributed by atoms with Crippen molar-refractivity contribution in [3.63, 3.8) is 0 Å². The van der Waals surface area contributed by atoms with Crippen LogP contribution in [0.15, 0.2) is 24.3 Å². The fourth-order valence-electron chi connectivity index (χ4n) is 2.84. The van der Waals surface area contributed by atoms with E-state index < -0.39 is 11.5 Å². The van der Waals surface area contributed by atoms with Crippen molar-refractivity contribution < 1.29 is 14.3 Å². The summed E-state index contributed by atoms with van der Waals surface area (Å²) in [6, 6.07) is 7.18. The molecule has 1 N–H and O–H groups in total. The highest BCUT2D eigenvalue weighted by Gasteiger charge is 2.40. The fraction of sp³-hybridized carbons (Fsp3) is 0.529. The first-order chi connectivity index (χ1) is 10.9. The van der Waals surface area contributed by atoms with Crippen molar-refractivity contribution in [2.45, 2.75) is 32.9 Å². The van der Waals surface area contributed by atoms with Gasteiger partial charge in [0.1, 0.15) is 18.4 Å². The van der Waals surface area contributed by atoms with Crippen LogP contribution < -0.4 is 10.1 Å². The largest absolute Gasteiger partial charge is 0.491 e. The van der Waals surface area contributed by atoms with E-state index in [4.69, 9.17) is 4.74 Å². The zero-order valence-electron chi connectivity index (χ0n) is 13.7. The number of hydrogen-bond acceptors (Lipinski definition) is 4. The number of hydrogen-bond donors (Lipinski definition) is 1. The summed E-state index contributed by atoms with van der Waals surface area (Å²) < 4.78 is 5.60. The number of rotatable bonds is 2. The molecule has 1 saturated heterocycles. The third-order valence-corrected chi connectivity index (χ3v) is 5.12. The van der Waals surface area contributed by atoms with E-state index in [9.17, 15) is 9.59 Å². The van der Waals surface area contributed by atoms with E-state index in [1.165, 1.54) is 0 Å². The normalized spacial score (nSPS) is 23.3. The highest BCUT2D eigenvalue weighted by Crippen LogP contribution is 2.33. The quantitative estimate of drug-likeness (QED) is 0.901. The van der Waals surface area contributed by atoms with Gasteiger partial charge in [-0.05, 0) is 6.07 Å². The van der Waals surface area contributed by atoms with E-state index in [0.717, 1.165) is 11.3 Å². The van der Waals surface area contributed by atoms with Crippen molar-refractivity contribution in [3.8, 4) is 5.75 Å². The molecule has 2 atom stereocenters. The molecule has 0 aromatic heterocycles. The van der Waals surface area contributed by atoms with Crippen molar-refractivity contribution in [2.24, 2.45) is 5.41 Å². The Morgan fingerprint density at radius 2 is 2.04 bits per heavy atom. The topological polar surface area (TPSA) is 58.6 Å². The van der Waals surface area contributed by atoms with Crippen LogP contribution in [0.5, 0.6) is 5.75 Å². The van der Waals surface area contributed by atoms with Crippen molar-refractivity contribution in [1.29, 1.82) is 0 Å². The molecule has 0 saturated carbocycles. The lowest BCUT2D eigenvalue weighted by Crippen LogP contribution is -2.51. The summed E-state index contributed by atoms with van der Waals surface area (Å²) >= 11 is 1.62. The number of carbonyl (C=O) groups excluding carboxylic acids is 2. The van der Waals surface area contributed by atoms with Crippen LogP contribution in [0.25, 0.3) is 0 Å². The maximum absolute atomic E-state index is 12.7. The molecule has 5 nitrogen and oxygen atoms in total. The van der Waals surface area contributed by atoms with E-state index in [2.05, 4.69) is 5.32 Å². The molecule has 2 aliphatic heterocycles. The number of thioether (sulfide) groups is 1. The van der Waals surface area contributed by atoms with Crippen molar-refractivity contribution >= 4 is 23.6 Å².